The average molecular weight is 535 g/mol. The molecule has 4 rings (SSSR count). The molecule has 8 nitrogen and oxygen atoms in total. The predicted octanol–water partition coefficient (Wildman–Crippen LogP) is 3.98. The summed E-state index contributed by atoms with van der Waals surface area (Å²) in [6.45, 7) is 4.29. The van der Waals surface area contributed by atoms with Gasteiger partial charge in [0.15, 0.2) is 0 Å². The minimum atomic E-state index is -4.57. The van der Waals surface area contributed by atoms with E-state index in [9.17, 15) is 37.1 Å². The number of likely N-dealkylation sites (N-methyl/N-ethyl adjacent to an activating group) is 1. The Hall–Kier alpha value is -4.09. The Labute approximate surface area is 214 Å². The molecule has 1 atom stereocenters. The second kappa shape index (κ2) is 9.34. The second-order valence-electron chi connectivity index (χ2n) is 9.98. The van der Waals surface area contributed by atoms with Gasteiger partial charge in [0, 0.05) is 19.0 Å². The number of nitrogens with zero attached hydrogens (tertiary/aromatic N) is 2. The number of aromatic nitrogens is 1. The zero-order valence-electron chi connectivity index (χ0n) is 20.9. The fourth-order valence-corrected chi connectivity index (χ4v) is 4.51. The number of halogens is 4. The number of ether oxygens (including phenoxy) is 1. The van der Waals surface area contributed by atoms with Gasteiger partial charge < -0.3 is 20.1 Å². The third-order valence-corrected chi connectivity index (χ3v) is 6.07. The lowest BCUT2D eigenvalue weighted by Crippen LogP contribution is -2.43. The van der Waals surface area contributed by atoms with Crippen molar-refractivity contribution in [2.75, 3.05) is 25.0 Å². The highest BCUT2D eigenvalue weighted by molar-refractivity contribution is 6.06. The van der Waals surface area contributed by atoms with Crippen LogP contribution in [0.15, 0.2) is 41.2 Å². The van der Waals surface area contributed by atoms with Gasteiger partial charge >= 0.3 is 12.1 Å². The molecule has 0 aliphatic carbocycles. The molecule has 12 heteroatoms. The first-order valence-corrected chi connectivity index (χ1v) is 11.6. The molecule has 3 aromatic rings. The van der Waals surface area contributed by atoms with Gasteiger partial charge in [0.2, 0.25) is 0 Å². The number of hydrogen-bond donors (Lipinski definition) is 2. The highest BCUT2D eigenvalue weighted by Crippen LogP contribution is 2.41. The van der Waals surface area contributed by atoms with E-state index in [1.54, 1.807) is 27.8 Å². The van der Waals surface area contributed by atoms with Crippen molar-refractivity contribution in [3.05, 3.63) is 69.3 Å². The maximum absolute atomic E-state index is 14.9. The number of nitrogens with one attached hydrogen (secondary N) is 1. The molecular formula is C26H25F4N3O5. The molecule has 0 saturated heterocycles. The first-order valence-electron chi connectivity index (χ1n) is 11.6. The molecule has 2 aromatic carbocycles. The van der Waals surface area contributed by atoms with Gasteiger partial charge in [-0.3, -0.25) is 19.0 Å². The van der Waals surface area contributed by atoms with Crippen LogP contribution in [0.2, 0.25) is 0 Å². The van der Waals surface area contributed by atoms with Crippen molar-refractivity contribution in [1.29, 1.82) is 0 Å². The topological polar surface area (TPSA) is 101 Å². The first-order chi connectivity index (χ1) is 17.6. The number of anilines is 1. The minimum absolute atomic E-state index is 0.0150. The Kier molecular flexibility index (Phi) is 6.62. The lowest BCUT2D eigenvalue weighted by atomic mass is 9.98. The van der Waals surface area contributed by atoms with Crippen molar-refractivity contribution in [2.45, 2.75) is 38.6 Å². The number of carbonyl (C=O) groups is 2. The van der Waals surface area contributed by atoms with Gasteiger partial charge in [0.05, 0.1) is 22.8 Å². The van der Waals surface area contributed by atoms with E-state index >= 15 is 0 Å². The zero-order chi connectivity index (χ0) is 28.2. The van der Waals surface area contributed by atoms with E-state index in [1.807, 2.05) is 0 Å². The van der Waals surface area contributed by atoms with Crippen LogP contribution in [0.4, 0.5) is 23.2 Å². The maximum Gasteiger partial charge on any atom is 0.416 e. The molecule has 1 aliphatic rings. The fourth-order valence-electron chi connectivity index (χ4n) is 4.51. The summed E-state index contributed by atoms with van der Waals surface area (Å²) in [5.74, 6) is -3.26. The Bertz CT molecular complexity index is 1490. The van der Waals surface area contributed by atoms with Crippen LogP contribution in [-0.2, 0) is 15.7 Å². The van der Waals surface area contributed by atoms with E-state index in [0.29, 0.717) is 5.56 Å². The van der Waals surface area contributed by atoms with E-state index in [4.69, 9.17) is 4.74 Å². The van der Waals surface area contributed by atoms with Gasteiger partial charge in [-0.2, -0.15) is 13.2 Å². The zero-order valence-corrected chi connectivity index (χ0v) is 20.9. The number of esters is 1. The largest absolute Gasteiger partial charge is 0.506 e. The fraction of sp³-hybridized carbons (Fsp3) is 0.346. The van der Waals surface area contributed by atoms with Crippen molar-refractivity contribution < 1.29 is 37.0 Å². The standard InChI is InChI=1S/C26H25F4N3O5/c1-25(2,3)38-18(34)11-31-23(36)19-22(35)15-9-10-16(27)21-20(15)33(24(19)37)17(12-32(21)4)13-5-7-14(8-6-13)26(28,29)30/h5-10,17,35H,11-12H2,1-4H3,(H,31,36). The van der Waals surface area contributed by atoms with Crippen molar-refractivity contribution in [2.24, 2.45) is 0 Å². The van der Waals surface area contributed by atoms with Crippen LogP contribution in [0.1, 0.15) is 48.3 Å². The number of hydrogen-bond acceptors (Lipinski definition) is 6. The molecular weight excluding hydrogens is 510 g/mol. The molecule has 0 radical (unpaired) electrons. The third-order valence-electron chi connectivity index (χ3n) is 6.07. The molecule has 1 unspecified atom stereocenters. The molecule has 1 aliphatic heterocycles. The van der Waals surface area contributed by atoms with Crippen molar-refractivity contribution in [3.8, 4) is 5.75 Å². The van der Waals surface area contributed by atoms with Gasteiger partial charge in [-0.05, 0) is 50.6 Å². The maximum atomic E-state index is 14.9. The smallest absolute Gasteiger partial charge is 0.416 e. The second-order valence-corrected chi connectivity index (χ2v) is 9.98. The summed E-state index contributed by atoms with van der Waals surface area (Å²) < 4.78 is 60.4. The Morgan fingerprint density at radius 3 is 2.32 bits per heavy atom. The Morgan fingerprint density at radius 1 is 1.11 bits per heavy atom. The quantitative estimate of drug-likeness (QED) is 0.387. The summed E-state index contributed by atoms with van der Waals surface area (Å²) >= 11 is 0. The van der Waals surface area contributed by atoms with Crippen molar-refractivity contribution in [3.63, 3.8) is 0 Å². The van der Waals surface area contributed by atoms with E-state index in [1.165, 1.54) is 23.1 Å². The molecule has 2 N–H and O–H groups in total. The molecule has 1 aromatic heterocycles. The Balaban J connectivity index is 1.86. The number of aromatic hydroxyl groups is 1. The van der Waals surface area contributed by atoms with E-state index < -0.39 is 64.5 Å². The summed E-state index contributed by atoms with van der Waals surface area (Å²) in [4.78, 5) is 40.2. The van der Waals surface area contributed by atoms with Crippen LogP contribution in [0.5, 0.6) is 5.75 Å². The van der Waals surface area contributed by atoms with Crippen LogP contribution in [0.25, 0.3) is 10.9 Å². The molecule has 0 bridgehead atoms. The lowest BCUT2D eigenvalue weighted by Gasteiger charge is -2.36. The molecule has 1 amide bonds. The molecule has 0 spiro atoms. The van der Waals surface area contributed by atoms with Crippen molar-refractivity contribution >= 4 is 28.5 Å². The van der Waals surface area contributed by atoms with Crippen LogP contribution >= 0.6 is 0 Å². The highest BCUT2D eigenvalue weighted by Gasteiger charge is 2.35. The van der Waals surface area contributed by atoms with Crippen LogP contribution in [0.3, 0.4) is 0 Å². The summed E-state index contributed by atoms with van der Waals surface area (Å²) in [5.41, 5.74) is -3.13. The number of benzene rings is 2. The number of carbonyl (C=O) groups excluding carboxylic acids is 2. The molecule has 0 fully saturated rings. The summed E-state index contributed by atoms with van der Waals surface area (Å²) in [7, 11) is 1.54. The minimum Gasteiger partial charge on any atom is -0.506 e. The summed E-state index contributed by atoms with van der Waals surface area (Å²) in [5, 5.41) is 13.2. The summed E-state index contributed by atoms with van der Waals surface area (Å²) in [6.07, 6.45) is -4.57. The van der Waals surface area contributed by atoms with Crippen LogP contribution in [-0.4, -0.2) is 47.3 Å². The molecule has 202 valence electrons. The normalized spacial score (nSPS) is 15.5. The molecule has 38 heavy (non-hydrogen) atoms. The predicted molar refractivity (Wildman–Crippen MR) is 131 cm³/mol. The van der Waals surface area contributed by atoms with Gasteiger partial charge in [-0.1, -0.05) is 12.1 Å². The van der Waals surface area contributed by atoms with Crippen LogP contribution in [0, 0.1) is 5.82 Å². The van der Waals surface area contributed by atoms with Crippen molar-refractivity contribution in [1.82, 2.24) is 9.88 Å². The molecule has 0 saturated carbocycles. The van der Waals surface area contributed by atoms with Gasteiger partial charge in [0.1, 0.15) is 29.3 Å². The molecule has 2 heterocycles. The summed E-state index contributed by atoms with van der Waals surface area (Å²) in [6, 6.07) is 5.50. The third kappa shape index (κ3) is 4.90. The monoisotopic (exact) mass is 535 g/mol. The Morgan fingerprint density at radius 2 is 1.74 bits per heavy atom. The van der Waals surface area contributed by atoms with E-state index in [0.717, 1.165) is 22.8 Å². The van der Waals surface area contributed by atoms with E-state index in [-0.39, 0.29) is 23.1 Å². The average Bonchev–Trinajstić information content (AvgIpc) is 2.80. The van der Waals surface area contributed by atoms with Gasteiger partial charge in [-0.25, -0.2) is 4.39 Å². The van der Waals surface area contributed by atoms with Crippen LogP contribution < -0.4 is 15.8 Å². The number of alkyl halides is 3. The number of rotatable bonds is 4. The highest BCUT2D eigenvalue weighted by atomic mass is 19.4. The van der Waals surface area contributed by atoms with Gasteiger partial charge in [0.25, 0.3) is 11.5 Å². The van der Waals surface area contributed by atoms with E-state index in [2.05, 4.69) is 5.32 Å². The first kappa shape index (κ1) is 27.0. The lowest BCUT2D eigenvalue weighted by molar-refractivity contribution is -0.153. The number of amides is 1. The SMILES string of the molecule is CN1CC(c2ccc(C(F)(F)F)cc2)n2c(=O)c(C(=O)NCC(=O)OC(C)(C)C)c(O)c3ccc(F)c1c32. The van der Waals surface area contributed by atoms with Gasteiger partial charge in [-0.15, -0.1) is 0 Å². The number of pyridine rings is 1.